The van der Waals surface area contributed by atoms with Crippen molar-refractivity contribution in [2.24, 2.45) is 0 Å². The molecule has 0 saturated carbocycles. The average molecular weight is 263 g/mol. The summed E-state index contributed by atoms with van der Waals surface area (Å²) >= 11 is 9.43. The summed E-state index contributed by atoms with van der Waals surface area (Å²) in [5.41, 5.74) is 1.20. The lowest BCUT2D eigenvalue weighted by Crippen LogP contribution is -2.16. The van der Waals surface area contributed by atoms with E-state index in [4.69, 9.17) is 11.6 Å². The minimum Gasteiger partial charge on any atom is -0.317 e. The van der Waals surface area contributed by atoms with Crippen LogP contribution in [0.1, 0.15) is 12.5 Å². The lowest BCUT2D eigenvalue weighted by Gasteiger charge is -2.04. The van der Waals surface area contributed by atoms with Gasteiger partial charge in [0.15, 0.2) is 0 Å². The molecule has 13 heavy (non-hydrogen) atoms. The molecule has 0 aliphatic rings. The fourth-order valence-corrected chi connectivity index (χ4v) is 1.89. The Kier molecular flexibility index (Phi) is 4.78. The van der Waals surface area contributed by atoms with Crippen molar-refractivity contribution in [3.05, 3.63) is 33.3 Å². The van der Waals surface area contributed by atoms with Gasteiger partial charge in [0.1, 0.15) is 0 Å². The van der Waals surface area contributed by atoms with Crippen LogP contribution in [0.25, 0.3) is 0 Å². The van der Waals surface area contributed by atoms with Gasteiger partial charge in [-0.05, 0) is 37.2 Å². The Hall–Kier alpha value is -0.0500. The van der Waals surface area contributed by atoms with Crippen molar-refractivity contribution in [1.29, 1.82) is 0 Å². The minimum absolute atomic E-state index is 0.840. The number of halogens is 2. The molecule has 3 heteroatoms. The smallest absolute Gasteiger partial charge is 0.0449 e. The molecule has 0 saturated heterocycles. The van der Waals surface area contributed by atoms with Crippen molar-refractivity contribution < 1.29 is 0 Å². The first-order chi connectivity index (χ1) is 6.24. The Bertz CT molecular complexity index is 276. The van der Waals surface area contributed by atoms with Crippen LogP contribution < -0.4 is 5.32 Å². The first kappa shape index (κ1) is 11.0. The zero-order chi connectivity index (χ0) is 9.68. The summed E-state index contributed by atoms with van der Waals surface area (Å²) in [4.78, 5) is 0. The molecule has 0 radical (unpaired) electrons. The normalized spacial score (nSPS) is 10.4. The van der Waals surface area contributed by atoms with Crippen LogP contribution in [0.5, 0.6) is 0 Å². The number of rotatable bonds is 4. The Morgan fingerprint density at radius 3 is 2.85 bits per heavy atom. The predicted octanol–water partition coefficient (Wildman–Crippen LogP) is 3.25. The van der Waals surface area contributed by atoms with Crippen molar-refractivity contribution in [3.63, 3.8) is 0 Å². The Morgan fingerprint density at radius 1 is 1.46 bits per heavy atom. The van der Waals surface area contributed by atoms with Crippen LogP contribution >= 0.6 is 27.5 Å². The highest BCUT2D eigenvalue weighted by molar-refractivity contribution is 9.10. The standard InChI is InChI=1S/C10H13BrClN/c1-2-13-6-5-8-3-4-9(11)7-10(8)12/h3-4,7,13H,2,5-6H2,1H3. The Labute approximate surface area is 92.6 Å². The second-order valence-electron chi connectivity index (χ2n) is 2.84. The predicted molar refractivity (Wildman–Crippen MR) is 61.4 cm³/mol. The summed E-state index contributed by atoms with van der Waals surface area (Å²) in [6.07, 6.45) is 0.986. The quantitative estimate of drug-likeness (QED) is 0.822. The third-order valence-electron chi connectivity index (χ3n) is 1.84. The molecule has 1 rings (SSSR count). The number of benzene rings is 1. The van der Waals surface area contributed by atoms with E-state index >= 15 is 0 Å². The van der Waals surface area contributed by atoms with Crippen molar-refractivity contribution in [3.8, 4) is 0 Å². The van der Waals surface area contributed by atoms with Crippen molar-refractivity contribution in [1.82, 2.24) is 5.32 Å². The van der Waals surface area contributed by atoms with Gasteiger partial charge >= 0.3 is 0 Å². The minimum atomic E-state index is 0.840. The molecule has 1 aromatic rings. The molecular formula is C10H13BrClN. The van der Waals surface area contributed by atoms with Crippen LogP contribution in [0.4, 0.5) is 0 Å². The molecule has 0 atom stereocenters. The SMILES string of the molecule is CCNCCc1ccc(Br)cc1Cl. The molecule has 0 heterocycles. The Morgan fingerprint density at radius 2 is 2.23 bits per heavy atom. The van der Waals surface area contributed by atoms with Gasteiger partial charge < -0.3 is 5.32 Å². The van der Waals surface area contributed by atoms with Crippen molar-refractivity contribution in [2.45, 2.75) is 13.3 Å². The maximum absolute atomic E-state index is 6.05. The molecule has 1 N–H and O–H groups in total. The number of likely N-dealkylation sites (N-methyl/N-ethyl adjacent to an activating group) is 1. The van der Waals surface area contributed by atoms with Gasteiger partial charge in [-0.1, -0.05) is 40.5 Å². The van der Waals surface area contributed by atoms with Gasteiger partial charge in [-0.3, -0.25) is 0 Å². The molecule has 0 unspecified atom stereocenters. The van der Waals surface area contributed by atoms with Gasteiger partial charge in [0.25, 0.3) is 0 Å². The molecule has 1 nitrogen and oxygen atoms in total. The van der Waals surface area contributed by atoms with Gasteiger partial charge in [0, 0.05) is 9.50 Å². The molecule has 0 aliphatic carbocycles. The van der Waals surface area contributed by atoms with Gasteiger partial charge in [0.2, 0.25) is 0 Å². The maximum atomic E-state index is 6.05. The summed E-state index contributed by atoms with van der Waals surface area (Å²) in [6.45, 7) is 4.09. The fourth-order valence-electron chi connectivity index (χ4n) is 1.12. The highest BCUT2D eigenvalue weighted by atomic mass is 79.9. The third-order valence-corrected chi connectivity index (χ3v) is 2.68. The van der Waals surface area contributed by atoms with Gasteiger partial charge in [0.05, 0.1) is 0 Å². The maximum Gasteiger partial charge on any atom is 0.0449 e. The highest BCUT2D eigenvalue weighted by Crippen LogP contribution is 2.21. The zero-order valence-electron chi connectivity index (χ0n) is 7.61. The van der Waals surface area contributed by atoms with Gasteiger partial charge in [-0.25, -0.2) is 0 Å². The van der Waals surface area contributed by atoms with Crippen LogP contribution in [0.2, 0.25) is 5.02 Å². The van der Waals surface area contributed by atoms with E-state index < -0.39 is 0 Å². The molecule has 0 amide bonds. The monoisotopic (exact) mass is 261 g/mol. The Balaban J connectivity index is 2.56. The second-order valence-corrected chi connectivity index (χ2v) is 4.16. The first-order valence-electron chi connectivity index (χ1n) is 4.38. The van der Waals surface area contributed by atoms with Gasteiger partial charge in [-0.2, -0.15) is 0 Å². The van der Waals surface area contributed by atoms with Crippen LogP contribution in [0, 0.1) is 0 Å². The first-order valence-corrected chi connectivity index (χ1v) is 5.55. The lowest BCUT2D eigenvalue weighted by atomic mass is 10.1. The summed E-state index contributed by atoms with van der Waals surface area (Å²) < 4.78 is 1.03. The third kappa shape index (κ3) is 3.67. The number of nitrogens with one attached hydrogen (secondary N) is 1. The van der Waals surface area contributed by atoms with Crippen LogP contribution in [0.3, 0.4) is 0 Å². The molecular weight excluding hydrogens is 249 g/mol. The van der Waals surface area contributed by atoms with Gasteiger partial charge in [-0.15, -0.1) is 0 Å². The molecule has 72 valence electrons. The summed E-state index contributed by atoms with van der Waals surface area (Å²) in [5.74, 6) is 0. The lowest BCUT2D eigenvalue weighted by molar-refractivity contribution is 0.716. The molecule has 1 aromatic carbocycles. The largest absolute Gasteiger partial charge is 0.317 e. The zero-order valence-corrected chi connectivity index (χ0v) is 9.95. The molecule has 0 fully saturated rings. The van der Waals surface area contributed by atoms with E-state index in [1.807, 2.05) is 12.1 Å². The van der Waals surface area contributed by atoms with Crippen LogP contribution in [0.15, 0.2) is 22.7 Å². The molecule has 0 aliphatic heterocycles. The van der Waals surface area contributed by atoms with E-state index in [1.165, 1.54) is 5.56 Å². The molecule has 0 bridgehead atoms. The average Bonchev–Trinajstić information content (AvgIpc) is 2.09. The summed E-state index contributed by atoms with van der Waals surface area (Å²) in [7, 11) is 0. The second kappa shape index (κ2) is 5.63. The highest BCUT2D eigenvalue weighted by Gasteiger charge is 1.99. The van der Waals surface area contributed by atoms with E-state index in [-0.39, 0.29) is 0 Å². The summed E-state index contributed by atoms with van der Waals surface area (Å²) in [5, 5.41) is 4.11. The number of hydrogen-bond acceptors (Lipinski definition) is 1. The van der Waals surface area contributed by atoms with E-state index in [1.54, 1.807) is 0 Å². The summed E-state index contributed by atoms with van der Waals surface area (Å²) in [6, 6.07) is 6.01. The molecule has 0 aromatic heterocycles. The van der Waals surface area contributed by atoms with E-state index in [9.17, 15) is 0 Å². The van der Waals surface area contributed by atoms with Crippen molar-refractivity contribution in [2.75, 3.05) is 13.1 Å². The fraction of sp³-hybridized carbons (Fsp3) is 0.400. The van der Waals surface area contributed by atoms with E-state index in [2.05, 4.69) is 34.2 Å². The van der Waals surface area contributed by atoms with E-state index in [0.717, 1.165) is 29.0 Å². The van der Waals surface area contributed by atoms with E-state index in [0.29, 0.717) is 0 Å². The topological polar surface area (TPSA) is 12.0 Å². The molecule has 0 spiro atoms. The number of hydrogen-bond donors (Lipinski definition) is 1. The van der Waals surface area contributed by atoms with Crippen LogP contribution in [-0.4, -0.2) is 13.1 Å². The van der Waals surface area contributed by atoms with Crippen molar-refractivity contribution >= 4 is 27.5 Å². The van der Waals surface area contributed by atoms with Crippen LogP contribution in [-0.2, 0) is 6.42 Å².